The lowest BCUT2D eigenvalue weighted by atomic mass is 10.2. The molecule has 0 unspecified atom stereocenters. The molecule has 0 aliphatic rings. The van der Waals surface area contributed by atoms with Crippen molar-refractivity contribution in [3.8, 4) is 0 Å². The molecular formula is C13H11ClFN3O. The lowest BCUT2D eigenvalue weighted by Crippen LogP contribution is -2.31. The van der Waals surface area contributed by atoms with Crippen LogP contribution in [0.15, 0.2) is 36.4 Å². The molecule has 2 rings (SSSR count). The molecule has 2 aromatic rings. The quantitative estimate of drug-likeness (QED) is 0.868. The number of benzene rings is 1. The monoisotopic (exact) mass is 279 g/mol. The van der Waals surface area contributed by atoms with Gasteiger partial charge in [0.1, 0.15) is 5.82 Å². The third-order valence-electron chi connectivity index (χ3n) is 2.55. The standard InChI is InChI=1S/C13H11ClFN3O/c1-2-18(10-5-3-9(15)4-6-10)13(19)11-7-8-12(14)17-16-11/h3-8H,2H2,1H3. The normalized spacial score (nSPS) is 10.3. The van der Waals surface area contributed by atoms with Gasteiger partial charge < -0.3 is 4.90 Å². The van der Waals surface area contributed by atoms with E-state index in [9.17, 15) is 9.18 Å². The number of nitrogens with zero attached hydrogens (tertiary/aromatic N) is 3. The van der Waals surface area contributed by atoms with Gasteiger partial charge in [0, 0.05) is 12.2 Å². The lowest BCUT2D eigenvalue weighted by molar-refractivity contribution is 0.0982. The molecule has 0 radical (unpaired) electrons. The van der Waals surface area contributed by atoms with Crippen molar-refractivity contribution in [2.45, 2.75) is 6.92 Å². The third-order valence-corrected chi connectivity index (χ3v) is 2.75. The first kappa shape index (κ1) is 13.4. The van der Waals surface area contributed by atoms with Crippen molar-refractivity contribution in [2.75, 3.05) is 11.4 Å². The van der Waals surface area contributed by atoms with Gasteiger partial charge in [-0.2, -0.15) is 0 Å². The first-order valence-corrected chi connectivity index (χ1v) is 6.06. The van der Waals surface area contributed by atoms with Crippen LogP contribution in [0, 0.1) is 5.82 Å². The Morgan fingerprint density at radius 2 is 1.89 bits per heavy atom. The molecule has 4 nitrogen and oxygen atoms in total. The summed E-state index contributed by atoms with van der Waals surface area (Å²) in [6, 6.07) is 8.70. The highest BCUT2D eigenvalue weighted by molar-refractivity contribution is 6.29. The molecule has 0 spiro atoms. The molecule has 0 saturated carbocycles. The summed E-state index contributed by atoms with van der Waals surface area (Å²) in [7, 11) is 0. The fourth-order valence-electron chi connectivity index (χ4n) is 1.63. The van der Waals surface area contributed by atoms with Gasteiger partial charge in [-0.3, -0.25) is 4.79 Å². The van der Waals surface area contributed by atoms with Gasteiger partial charge >= 0.3 is 0 Å². The lowest BCUT2D eigenvalue weighted by Gasteiger charge is -2.20. The SMILES string of the molecule is CCN(C(=O)c1ccc(Cl)nn1)c1ccc(F)cc1. The van der Waals surface area contributed by atoms with E-state index in [1.54, 1.807) is 12.1 Å². The maximum absolute atomic E-state index is 12.9. The Bertz CT molecular complexity index is 571. The van der Waals surface area contributed by atoms with E-state index in [-0.39, 0.29) is 22.6 Å². The van der Waals surface area contributed by atoms with Crippen molar-refractivity contribution in [3.63, 3.8) is 0 Å². The molecular weight excluding hydrogens is 269 g/mol. The molecule has 1 aromatic heterocycles. The second kappa shape index (κ2) is 5.75. The molecule has 0 saturated heterocycles. The van der Waals surface area contributed by atoms with Crippen molar-refractivity contribution in [1.29, 1.82) is 0 Å². The van der Waals surface area contributed by atoms with Gasteiger partial charge in [-0.15, -0.1) is 10.2 Å². The predicted molar refractivity (Wildman–Crippen MR) is 70.8 cm³/mol. The van der Waals surface area contributed by atoms with Crippen LogP contribution in [0.1, 0.15) is 17.4 Å². The molecule has 0 aliphatic carbocycles. The first-order chi connectivity index (χ1) is 9.11. The Balaban J connectivity index is 2.29. The van der Waals surface area contributed by atoms with E-state index in [1.807, 2.05) is 6.92 Å². The molecule has 0 N–H and O–H groups in total. The molecule has 1 aromatic carbocycles. The van der Waals surface area contributed by atoms with E-state index in [0.29, 0.717) is 12.2 Å². The average Bonchev–Trinajstić information content (AvgIpc) is 2.42. The summed E-state index contributed by atoms with van der Waals surface area (Å²) in [5, 5.41) is 7.60. The topological polar surface area (TPSA) is 46.1 Å². The Hall–Kier alpha value is -2.01. The van der Waals surface area contributed by atoms with Crippen LogP contribution in [0.4, 0.5) is 10.1 Å². The zero-order valence-electron chi connectivity index (χ0n) is 10.2. The number of halogens is 2. The van der Waals surface area contributed by atoms with Crippen LogP contribution < -0.4 is 4.90 Å². The van der Waals surface area contributed by atoms with Gasteiger partial charge in [0.05, 0.1) is 0 Å². The predicted octanol–water partition coefficient (Wildman–Crippen LogP) is 2.94. The number of hydrogen-bond donors (Lipinski definition) is 0. The largest absolute Gasteiger partial charge is 0.307 e. The van der Waals surface area contributed by atoms with E-state index < -0.39 is 0 Å². The summed E-state index contributed by atoms with van der Waals surface area (Å²) >= 11 is 5.62. The summed E-state index contributed by atoms with van der Waals surface area (Å²) in [6.45, 7) is 2.26. The molecule has 6 heteroatoms. The van der Waals surface area contributed by atoms with E-state index in [4.69, 9.17) is 11.6 Å². The van der Waals surface area contributed by atoms with E-state index in [2.05, 4.69) is 10.2 Å². The Morgan fingerprint density at radius 3 is 2.42 bits per heavy atom. The number of aromatic nitrogens is 2. The van der Waals surface area contributed by atoms with Crippen LogP contribution in [0.2, 0.25) is 5.15 Å². The maximum Gasteiger partial charge on any atom is 0.278 e. The number of hydrogen-bond acceptors (Lipinski definition) is 3. The minimum Gasteiger partial charge on any atom is -0.307 e. The van der Waals surface area contributed by atoms with Gasteiger partial charge in [-0.05, 0) is 43.3 Å². The molecule has 19 heavy (non-hydrogen) atoms. The van der Waals surface area contributed by atoms with Crippen LogP contribution in [0.5, 0.6) is 0 Å². The molecule has 0 fully saturated rings. The fourth-order valence-corrected chi connectivity index (χ4v) is 1.73. The Labute approximate surface area is 114 Å². The molecule has 0 bridgehead atoms. The van der Waals surface area contributed by atoms with Gasteiger partial charge in [0.15, 0.2) is 10.8 Å². The van der Waals surface area contributed by atoms with Crippen molar-refractivity contribution in [2.24, 2.45) is 0 Å². The Kier molecular flexibility index (Phi) is 4.06. The third kappa shape index (κ3) is 3.06. The van der Waals surface area contributed by atoms with Gasteiger partial charge in [0.25, 0.3) is 5.91 Å². The van der Waals surface area contributed by atoms with Crippen LogP contribution >= 0.6 is 11.6 Å². The molecule has 0 aliphatic heterocycles. The van der Waals surface area contributed by atoms with Gasteiger partial charge in [-0.25, -0.2) is 4.39 Å². The average molecular weight is 280 g/mol. The minimum atomic E-state index is -0.349. The Morgan fingerprint density at radius 1 is 1.21 bits per heavy atom. The summed E-state index contributed by atoms with van der Waals surface area (Å²) in [5.74, 6) is -0.656. The van der Waals surface area contributed by atoms with Crippen molar-refractivity contribution in [3.05, 3.63) is 53.1 Å². The van der Waals surface area contributed by atoms with Crippen LogP contribution in [0.25, 0.3) is 0 Å². The van der Waals surface area contributed by atoms with E-state index in [0.717, 1.165) is 0 Å². The van der Waals surface area contributed by atoms with Crippen molar-refractivity contribution >= 4 is 23.2 Å². The minimum absolute atomic E-state index is 0.190. The highest BCUT2D eigenvalue weighted by Gasteiger charge is 2.17. The number of rotatable bonds is 3. The number of carbonyl (C=O) groups excluding carboxylic acids is 1. The molecule has 98 valence electrons. The van der Waals surface area contributed by atoms with E-state index >= 15 is 0 Å². The summed E-state index contributed by atoms with van der Waals surface area (Å²) in [6.07, 6.45) is 0. The smallest absolute Gasteiger partial charge is 0.278 e. The fraction of sp³-hybridized carbons (Fsp3) is 0.154. The van der Waals surface area contributed by atoms with Crippen LogP contribution in [-0.4, -0.2) is 22.6 Å². The maximum atomic E-state index is 12.9. The van der Waals surface area contributed by atoms with Crippen molar-refractivity contribution < 1.29 is 9.18 Å². The highest BCUT2D eigenvalue weighted by Crippen LogP contribution is 2.17. The zero-order chi connectivity index (χ0) is 13.8. The number of anilines is 1. The first-order valence-electron chi connectivity index (χ1n) is 5.68. The molecule has 1 heterocycles. The summed E-state index contributed by atoms with van der Waals surface area (Å²) < 4.78 is 12.9. The number of amides is 1. The van der Waals surface area contributed by atoms with Crippen LogP contribution in [-0.2, 0) is 0 Å². The summed E-state index contributed by atoms with van der Waals surface area (Å²) in [5.41, 5.74) is 0.793. The van der Waals surface area contributed by atoms with Gasteiger partial charge in [-0.1, -0.05) is 11.6 Å². The van der Waals surface area contributed by atoms with E-state index in [1.165, 1.54) is 29.2 Å². The highest BCUT2D eigenvalue weighted by atomic mass is 35.5. The second-order valence-corrected chi connectivity index (χ2v) is 4.15. The van der Waals surface area contributed by atoms with Crippen molar-refractivity contribution in [1.82, 2.24) is 10.2 Å². The zero-order valence-corrected chi connectivity index (χ0v) is 10.9. The van der Waals surface area contributed by atoms with Gasteiger partial charge in [0.2, 0.25) is 0 Å². The second-order valence-electron chi connectivity index (χ2n) is 3.77. The summed E-state index contributed by atoms with van der Waals surface area (Å²) in [4.78, 5) is 13.7. The molecule has 1 amide bonds. The molecule has 0 atom stereocenters. The number of carbonyl (C=O) groups is 1. The van der Waals surface area contributed by atoms with Crippen LogP contribution in [0.3, 0.4) is 0 Å².